The van der Waals surface area contributed by atoms with Gasteiger partial charge in [0.2, 0.25) is 5.85 Å². The van der Waals surface area contributed by atoms with Gasteiger partial charge in [-0.3, -0.25) is 14.2 Å². The zero-order chi connectivity index (χ0) is 25.0. The van der Waals surface area contributed by atoms with Crippen LogP contribution in [0.1, 0.15) is 35.2 Å². The molecular formula is C24H31N2O7P. The quantitative estimate of drug-likeness (QED) is 0.413. The summed E-state index contributed by atoms with van der Waals surface area (Å²) in [5.74, 6) is -2.41. The number of aromatic nitrogens is 2. The van der Waals surface area contributed by atoms with Crippen molar-refractivity contribution in [2.45, 2.75) is 38.6 Å². The van der Waals surface area contributed by atoms with Gasteiger partial charge in [-0.05, 0) is 57.1 Å². The van der Waals surface area contributed by atoms with Crippen LogP contribution in [0.25, 0.3) is 0 Å². The first-order valence-electron chi connectivity index (χ1n) is 11.2. The topological polar surface area (TPSA) is 114 Å². The largest absolute Gasteiger partial charge is 0.467 e. The van der Waals surface area contributed by atoms with Gasteiger partial charge in [-0.15, -0.1) is 0 Å². The van der Waals surface area contributed by atoms with Crippen LogP contribution in [0.3, 0.4) is 0 Å². The summed E-state index contributed by atoms with van der Waals surface area (Å²) in [6.45, 7) is 5.04. The molecule has 0 spiro atoms. The fourth-order valence-corrected chi connectivity index (χ4v) is 5.46. The molecule has 2 aromatic rings. The summed E-state index contributed by atoms with van der Waals surface area (Å²) in [7, 11) is -1.66. The van der Waals surface area contributed by atoms with Crippen molar-refractivity contribution in [3.05, 3.63) is 68.5 Å². The first-order chi connectivity index (χ1) is 16.0. The number of nitrogens with zero attached hydrogens (tertiary/aromatic N) is 2. The standard InChI is InChI=1S/C24H31N2O7P/c1-16-13-25(24(30)26(20(16)27)21(28)17-9-6-5-7-10-17)14-18-11-8-12-19(18)15-33-23(22(29)32-2)34(3,4)31/h5-7,9-10,13,18-19,23H,8,11-12,14-15H2,1-4H3/t18-,19+,23?/m1/s1. The van der Waals surface area contributed by atoms with E-state index in [1.807, 2.05) is 0 Å². The van der Waals surface area contributed by atoms with Crippen LogP contribution >= 0.6 is 7.14 Å². The fraction of sp³-hybridized carbons (Fsp3) is 0.500. The van der Waals surface area contributed by atoms with E-state index in [0.29, 0.717) is 16.7 Å². The van der Waals surface area contributed by atoms with Crippen LogP contribution in [0, 0.1) is 18.8 Å². The van der Waals surface area contributed by atoms with E-state index in [2.05, 4.69) is 0 Å². The molecule has 0 N–H and O–H groups in total. The molecule has 9 nitrogen and oxygen atoms in total. The van der Waals surface area contributed by atoms with Gasteiger partial charge in [-0.2, -0.15) is 4.57 Å². The average Bonchev–Trinajstić information content (AvgIpc) is 3.24. The second-order valence-electron chi connectivity index (χ2n) is 9.15. The van der Waals surface area contributed by atoms with Crippen LogP contribution in [0.15, 0.2) is 46.1 Å². The number of esters is 1. The summed E-state index contributed by atoms with van der Waals surface area (Å²) < 4.78 is 25.1. The SMILES string of the molecule is COC(=O)C(OC[C@@H]1CCC[C@@H]1Cn1cc(C)c(=O)n(C(=O)c2ccccc2)c1=O)P(C)(C)=O. The molecule has 0 bridgehead atoms. The molecule has 1 aliphatic carbocycles. The molecule has 1 fully saturated rings. The predicted molar refractivity (Wildman–Crippen MR) is 128 cm³/mol. The number of hydrogen-bond donors (Lipinski definition) is 0. The fourth-order valence-electron chi connectivity index (χ4n) is 4.40. The van der Waals surface area contributed by atoms with Gasteiger partial charge >= 0.3 is 11.7 Å². The molecule has 184 valence electrons. The zero-order valence-corrected chi connectivity index (χ0v) is 20.8. The maximum atomic E-state index is 13.2. The highest BCUT2D eigenvalue weighted by Gasteiger charge is 2.35. The Morgan fingerprint density at radius 3 is 2.38 bits per heavy atom. The molecule has 0 aliphatic heterocycles. The van der Waals surface area contributed by atoms with E-state index in [1.165, 1.54) is 31.2 Å². The van der Waals surface area contributed by atoms with Gasteiger partial charge in [0.1, 0.15) is 7.14 Å². The number of methoxy groups -OCH3 is 1. The molecule has 0 radical (unpaired) electrons. The second kappa shape index (κ2) is 10.7. The highest BCUT2D eigenvalue weighted by molar-refractivity contribution is 7.63. The Hall–Kier alpha value is -2.77. The van der Waals surface area contributed by atoms with Gasteiger partial charge in [0, 0.05) is 23.9 Å². The Morgan fingerprint density at radius 2 is 1.76 bits per heavy atom. The van der Waals surface area contributed by atoms with E-state index >= 15 is 0 Å². The summed E-state index contributed by atoms with van der Waals surface area (Å²) in [6.07, 6.45) is 4.05. The van der Waals surface area contributed by atoms with E-state index in [9.17, 15) is 23.7 Å². The minimum Gasteiger partial charge on any atom is -0.467 e. The monoisotopic (exact) mass is 490 g/mol. The molecular weight excluding hydrogens is 459 g/mol. The minimum atomic E-state index is -2.89. The smallest absolute Gasteiger partial charge is 0.342 e. The molecule has 1 heterocycles. The highest BCUT2D eigenvalue weighted by Crippen LogP contribution is 2.44. The molecule has 1 saturated carbocycles. The number of carbonyl (C=O) groups is 2. The lowest BCUT2D eigenvalue weighted by Gasteiger charge is -2.25. The van der Waals surface area contributed by atoms with Crippen LogP contribution in [-0.4, -0.2) is 53.9 Å². The molecule has 3 rings (SSSR count). The Morgan fingerprint density at radius 1 is 1.12 bits per heavy atom. The molecule has 1 aromatic carbocycles. The predicted octanol–water partition coefficient (Wildman–Crippen LogP) is 2.56. The van der Waals surface area contributed by atoms with Crippen molar-refractivity contribution in [2.75, 3.05) is 27.0 Å². The molecule has 1 aliphatic rings. The van der Waals surface area contributed by atoms with Gasteiger partial charge in [0.05, 0.1) is 13.7 Å². The summed E-state index contributed by atoms with van der Waals surface area (Å²) in [6, 6.07) is 8.20. The molecule has 3 atom stereocenters. The van der Waals surface area contributed by atoms with Gasteiger partial charge in [0.15, 0.2) is 0 Å². The third-order valence-corrected chi connectivity index (χ3v) is 7.72. The Labute approximate surface area is 198 Å². The third-order valence-electron chi connectivity index (χ3n) is 6.23. The third kappa shape index (κ3) is 5.65. The van der Waals surface area contributed by atoms with Crippen LogP contribution in [0.4, 0.5) is 0 Å². The van der Waals surface area contributed by atoms with E-state index in [4.69, 9.17) is 9.47 Å². The normalized spacial score (nSPS) is 19.1. The second-order valence-corrected chi connectivity index (χ2v) is 12.5. The maximum Gasteiger partial charge on any atom is 0.342 e. The Balaban J connectivity index is 1.83. The summed E-state index contributed by atoms with van der Waals surface area (Å²) in [5.41, 5.74) is -0.777. The van der Waals surface area contributed by atoms with Gasteiger partial charge in [-0.1, -0.05) is 24.6 Å². The number of ether oxygens (including phenoxy) is 2. The molecule has 0 amide bonds. The maximum absolute atomic E-state index is 13.2. The van der Waals surface area contributed by atoms with Crippen molar-refractivity contribution in [1.82, 2.24) is 9.13 Å². The van der Waals surface area contributed by atoms with Crippen molar-refractivity contribution in [3.63, 3.8) is 0 Å². The summed E-state index contributed by atoms with van der Waals surface area (Å²) in [5, 5.41) is 0. The molecule has 34 heavy (non-hydrogen) atoms. The molecule has 0 saturated heterocycles. The number of carbonyl (C=O) groups excluding carboxylic acids is 2. The van der Waals surface area contributed by atoms with E-state index in [1.54, 1.807) is 37.3 Å². The first-order valence-corrected chi connectivity index (χ1v) is 13.9. The molecule has 10 heteroatoms. The molecule has 1 unspecified atom stereocenters. The van der Waals surface area contributed by atoms with Crippen molar-refractivity contribution in [2.24, 2.45) is 11.8 Å². The average molecular weight is 490 g/mol. The van der Waals surface area contributed by atoms with Crippen molar-refractivity contribution < 1.29 is 23.6 Å². The van der Waals surface area contributed by atoms with Gasteiger partial charge in [-0.25, -0.2) is 9.59 Å². The van der Waals surface area contributed by atoms with Crippen molar-refractivity contribution in [3.8, 4) is 0 Å². The minimum absolute atomic E-state index is 0.0242. The van der Waals surface area contributed by atoms with E-state index < -0.39 is 36.1 Å². The number of benzene rings is 1. The lowest BCUT2D eigenvalue weighted by Crippen LogP contribution is -2.45. The van der Waals surface area contributed by atoms with E-state index in [-0.39, 0.29) is 24.0 Å². The zero-order valence-electron chi connectivity index (χ0n) is 19.9. The Kier molecular flexibility index (Phi) is 8.10. The van der Waals surface area contributed by atoms with Crippen LogP contribution in [0.2, 0.25) is 0 Å². The number of hydrogen-bond acceptors (Lipinski definition) is 7. The summed E-state index contributed by atoms with van der Waals surface area (Å²) >= 11 is 0. The van der Waals surface area contributed by atoms with Gasteiger partial charge in [0.25, 0.3) is 11.5 Å². The molecule has 1 aromatic heterocycles. The van der Waals surface area contributed by atoms with Crippen molar-refractivity contribution in [1.29, 1.82) is 0 Å². The van der Waals surface area contributed by atoms with E-state index in [0.717, 1.165) is 19.3 Å². The number of rotatable bonds is 8. The summed E-state index contributed by atoms with van der Waals surface area (Å²) in [4.78, 5) is 50.8. The Bertz CT molecular complexity index is 1210. The first kappa shape index (κ1) is 25.8. The van der Waals surface area contributed by atoms with Crippen LogP contribution in [-0.2, 0) is 25.4 Å². The lowest BCUT2D eigenvalue weighted by atomic mass is 9.97. The van der Waals surface area contributed by atoms with Crippen LogP contribution in [0.5, 0.6) is 0 Å². The van der Waals surface area contributed by atoms with Crippen molar-refractivity contribution >= 4 is 19.0 Å². The lowest BCUT2D eigenvalue weighted by molar-refractivity contribution is -0.149. The highest BCUT2D eigenvalue weighted by atomic mass is 31.2. The number of aryl methyl sites for hydroxylation is 1. The van der Waals surface area contributed by atoms with Gasteiger partial charge < -0.3 is 14.0 Å². The van der Waals surface area contributed by atoms with Crippen LogP contribution < -0.4 is 11.2 Å².